The second kappa shape index (κ2) is 6.99. The lowest BCUT2D eigenvalue weighted by molar-refractivity contribution is -0.0679. The van der Waals surface area contributed by atoms with Crippen LogP contribution in [0.25, 0.3) is 0 Å². The summed E-state index contributed by atoms with van der Waals surface area (Å²) in [5.74, 6) is 0.0313. The summed E-state index contributed by atoms with van der Waals surface area (Å²) in [7, 11) is 0. The van der Waals surface area contributed by atoms with E-state index in [1.165, 1.54) is 13.1 Å². The molecule has 9 nitrogen and oxygen atoms in total. The summed E-state index contributed by atoms with van der Waals surface area (Å²) in [5.41, 5.74) is 0.0745. The molecule has 0 aliphatic rings. The first-order valence-electron chi connectivity index (χ1n) is 6.64. The largest absolute Gasteiger partial charge is 0.445 e. The smallest absolute Gasteiger partial charge is 0.231 e. The molecule has 5 atom stereocenters. The van der Waals surface area contributed by atoms with Crippen LogP contribution in [0.4, 0.5) is 0 Å². The Hall–Kier alpha value is -1.78. The fourth-order valence-electron chi connectivity index (χ4n) is 1.87. The molecule has 2 aromatic rings. The molecule has 0 aliphatic heterocycles. The Morgan fingerprint density at radius 2 is 1.86 bits per heavy atom. The third-order valence-corrected chi connectivity index (χ3v) is 3.19. The van der Waals surface area contributed by atoms with Crippen molar-refractivity contribution in [2.75, 3.05) is 0 Å². The van der Waals surface area contributed by atoms with Crippen molar-refractivity contribution in [1.82, 2.24) is 9.97 Å². The van der Waals surface area contributed by atoms with Crippen LogP contribution in [-0.2, 0) is 0 Å². The lowest BCUT2D eigenvalue weighted by atomic mass is 10.0. The van der Waals surface area contributed by atoms with Crippen molar-refractivity contribution in [3.63, 3.8) is 0 Å². The van der Waals surface area contributed by atoms with Gasteiger partial charge in [0.2, 0.25) is 5.89 Å². The topological polar surface area (TPSA) is 153 Å². The maximum atomic E-state index is 9.95. The molecular weight excluding hydrogens is 296 g/mol. The van der Waals surface area contributed by atoms with Gasteiger partial charge in [0, 0.05) is 6.42 Å². The Labute approximate surface area is 125 Å². The lowest BCUT2D eigenvalue weighted by Gasteiger charge is -2.21. The molecule has 0 radical (unpaired) electrons. The summed E-state index contributed by atoms with van der Waals surface area (Å²) < 4.78 is 9.98. The van der Waals surface area contributed by atoms with E-state index in [1.54, 1.807) is 0 Å². The molecule has 2 aromatic heterocycles. The predicted molar refractivity (Wildman–Crippen MR) is 70.3 cm³/mol. The number of nitrogens with zero attached hydrogens (tertiary/aromatic N) is 2. The van der Waals surface area contributed by atoms with Crippen LogP contribution >= 0.6 is 0 Å². The molecule has 5 N–H and O–H groups in total. The Morgan fingerprint density at radius 3 is 2.45 bits per heavy atom. The number of aliphatic hydroxyl groups excluding tert-OH is 5. The standard InChI is InChI=1S/C13H18N2O7/c1-6(16)11(19)9(18)2-8(17)7-4-21-13(15-7)12(20)10-3-14-5-22-10/h3-6,8-9,11-12,16-20H,2H2,1H3/t6-,8+,9-,11+,12-/m0/s1. The minimum absolute atomic E-state index is 0.0745. The van der Waals surface area contributed by atoms with Crippen LogP contribution in [0, 0.1) is 0 Å². The monoisotopic (exact) mass is 314 g/mol. The molecule has 122 valence electrons. The number of hydrogen-bond acceptors (Lipinski definition) is 9. The third-order valence-electron chi connectivity index (χ3n) is 3.19. The second-order valence-corrected chi connectivity index (χ2v) is 4.97. The first kappa shape index (κ1) is 16.6. The third kappa shape index (κ3) is 3.70. The molecule has 0 saturated heterocycles. The van der Waals surface area contributed by atoms with Gasteiger partial charge in [-0.1, -0.05) is 0 Å². The van der Waals surface area contributed by atoms with Gasteiger partial charge < -0.3 is 34.4 Å². The van der Waals surface area contributed by atoms with E-state index in [-0.39, 0.29) is 23.8 Å². The zero-order chi connectivity index (χ0) is 16.3. The van der Waals surface area contributed by atoms with E-state index in [1.807, 2.05) is 0 Å². The molecule has 0 aromatic carbocycles. The average molecular weight is 314 g/mol. The summed E-state index contributed by atoms with van der Waals surface area (Å²) in [6.45, 7) is 1.32. The Morgan fingerprint density at radius 1 is 1.14 bits per heavy atom. The molecule has 0 amide bonds. The van der Waals surface area contributed by atoms with E-state index in [0.717, 1.165) is 12.7 Å². The van der Waals surface area contributed by atoms with Gasteiger partial charge in [-0.2, -0.15) is 0 Å². The summed E-state index contributed by atoms with van der Waals surface area (Å²) in [6, 6.07) is 0. The highest BCUT2D eigenvalue weighted by Crippen LogP contribution is 2.25. The zero-order valence-corrected chi connectivity index (χ0v) is 11.8. The Balaban J connectivity index is 2.01. The van der Waals surface area contributed by atoms with Crippen LogP contribution in [0.2, 0.25) is 0 Å². The molecular formula is C13H18N2O7. The molecule has 22 heavy (non-hydrogen) atoms. The summed E-state index contributed by atoms with van der Waals surface area (Å²) in [6.07, 6.45) is -3.05. The van der Waals surface area contributed by atoms with Crippen molar-refractivity contribution >= 4 is 0 Å². The fourth-order valence-corrected chi connectivity index (χ4v) is 1.87. The van der Waals surface area contributed by atoms with E-state index >= 15 is 0 Å². The highest BCUT2D eigenvalue weighted by Gasteiger charge is 2.27. The first-order valence-corrected chi connectivity index (χ1v) is 6.64. The van der Waals surface area contributed by atoms with Gasteiger partial charge in [-0.3, -0.25) is 0 Å². The van der Waals surface area contributed by atoms with Gasteiger partial charge >= 0.3 is 0 Å². The number of oxazole rings is 2. The lowest BCUT2D eigenvalue weighted by Crippen LogP contribution is -2.36. The maximum Gasteiger partial charge on any atom is 0.231 e. The van der Waals surface area contributed by atoms with Gasteiger partial charge in [0.1, 0.15) is 24.2 Å². The molecule has 0 saturated carbocycles. The van der Waals surface area contributed by atoms with Crippen molar-refractivity contribution in [1.29, 1.82) is 0 Å². The minimum atomic E-state index is -1.39. The van der Waals surface area contributed by atoms with Crippen LogP contribution in [-0.4, -0.2) is 53.8 Å². The number of rotatable bonds is 7. The highest BCUT2D eigenvalue weighted by molar-refractivity contribution is 5.09. The molecule has 0 unspecified atom stereocenters. The van der Waals surface area contributed by atoms with Gasteiger partial charge in [-0.15, -0.1) is 0 Å². The molecule has 2 rings (SSSR count). The zero-order valence-electron chi connectivity index (χ0n) is 11.8. The van der Waals surface area contributed by atoms with Gasteiger partial charge in [-0.05, 0) is 6.92 Å². The normalized spacial score (nSPS) is 18.6. The van der Waals surface area contributed by atoms with Crippen LogP contribution in [0.15, 0.2) is 27.7 Å². The van der Waals surface area contributed by atoms with Gasteiger partial charge in [0.05, 0.1) is 18.4 Å². The van der Waals surface area contributed by atoms with Crippen molar-refractivity contribution < 1.29 is 34.4 Å². The predicted octanol–water partition coefficient (Wildman–Crippen LogP) is -0.730. The van der Waals surface area contributed by atoms with Crippen molar-refractivity contribution in [2.24, 2.45) is 0 Å². The van der Waals surface area contributed by atoms with E-state index < -0.39 is 30.5 Å². The molecule has 0 bridgehead atoms. The van der Waals surface area contributed by atoms with Gasteiger partial charge in [0.25, 0.3) is 0 Å². The number of hydrogen-bond donors (Lipinski definition) is 5. The minimum Gasteiger partial charge on any atom is -0.445 e. The van der Waals surface area contributed by atoms with E-state index in [9.17, 15) is 25.5 Å². The summed E-state index contributed by atoms with van der Waals surface area (Å²) >= 11 is 0. The molecule has 0 spiro atoms. The van der Waals surface area contributed by atoms with Crippen LogP contribution in [0.1, 0.15) is 42.9 Å². The first-order chi connectivity index (χ1) is 10.4. The Kier molecular flexibility index (Phi) is 5.27. The fraction of sp³-hybridized carbons (Fsp3) is 0.538. The maximum absolute atomic E-state index is 9.95. The van der Waals surface area contributed by atoms with Crippen LogP contribution < -0.4 is 0 Å². The van der Waals surface area contributed by atoms with Gasteiger partial charge in [-0.25, -0.2) is 9.97 Å². The number of aliphatic hydroxyl groups is 5. The van der Waals surface area contributed by atoms with E-state index in [4.69, 9.17) is 8.83 Å². The van der Waals surface area contributed by atoms with Crippen LogP contribution in [0.3, 0.4) is 0 Å². The van der Waals surface area contributed by atoms with Crippen molar-refractivity contribution in [3.8, 4) is 0 Å². The van der Waals surface area contributed by atoms with Crippen LogP contribution in [0.5, 0.6) is 0 Å². The quantitative estimate of drug-likeness (QED) is 0.445. The van der Waals surface area contributed by atoms with E-state index in [0.29, 0.717) is 0 Å². The number of aromatic nitrogens is 2. The average Bonchev–Trinajstić information content (AvgIpc) is 3.16. The second-order valence-electron chi connectivity index (χ2n) is 4.97. The van der Waals surface area contributed by atoms with Crippen molar-refractivity contribution in [3.05, 3.63) is 36.2 Å². The highest BCUT2D eigenvalue weighted by atomic mass is 16.4. The van der Waals surface area contributed by atoms with E-state index in [2.05, 4.69) is 9.97 Å². The van der Waals surface area contributed by atoms with Crippen molar-refractivity contribution in [2.45, 2.75) is 43.9 Å². The molecule has 0 fully saturated rings. The molecule has 9 heteroatoms. The summed E-state index contributed by atoms with van der Waals surface area (Å²) in [5, 5.41) is 48.2. The summed E-state index contributed by atoms with van der Waals surface area (Å²) in [4.78, 5) is 7.57. The molecule has 2 heterocycles. The SMILES string of the molecule is C[C@H](O)[C@@H](O)[C@@H](O)C[C@@H](O)c1coc([C@@H](O)c2cnco2)n1. The molecule has 0 aliphatic carbocycles. The Bertz CT molecular complexity index is 569. The van der Waals surface area contributed by atoms with Gasteiger partial charge in [0.15, 0.2) is 18.3 Å².